The van der Waals surface area contributed by atoms with E-state index in [0.29, 0.717) is 30.3 Å². The molecule has 0 aromatic heterocycles. The summed E-state index contributed by atoms with van der Waals surface area (Å²) in [6.45, 7) is 2.20. The zero-order valence-electron chi connectivity index (χ0n) is 15.6. The standard InChI is InChI=1S/C19H24N2O5S/c1-15(19(22)20-13-14-25-2)21(27(3,23)24)16-9-11-18(12-10-16)26-17-7-5-4-6-8-17/h4-12,15H,13-14H2,1-3H3,(H,20,22). The molecule has 0 bridgehead atoms. The van der Waals surface area contributed by atoms with Crippen LogP contribution in [-0.4, -0.2) is 46.9 Å². The van der Waals surface area contributed by atoms with E-state index in [1.807, 2.05) is 30.3 Å². The molecule has 146 valence electrons. The Morgan fingerprint density at radius 2 is 1.67 bits per heavy atom. The van der Waals surface area contributed by atoms with E-state index >= 15 is 0 Å². The second kappa shape index (κ2) is 9.38. The van der Waals surface area contributed by atoms with Crippen molar-refractivity contribution in [3.05, 3.63) is 54.6 Å². The monoisotopic (exact) mass is 392 g/mol. The van der Waals surface area contributed by atoms with Crippen molar-refractivity contribution in [3.8, 4) is 11.5 Å². The molecule has 1 unspecified atom stereocenters. The molecule has 1 atom stereocenters. The van der Waals surface area contributed by atoms with Crippen LogP contribution in [0.1, 0.15) is 6.92 Å². The van der Waals surface area contributed by atoms with Gasteiger partial charge < -0.3 is 14.8 Å². The molecule has 0 fully saturated rings. The van der Waals surface area contributed by atoms with Crippen molar-refractivity contribution in [2.75, 3.05) is 30.8 Å². The van der Waals surface area contributed by atoms with Crippen LogP contribution < -0.4 is 14.4 Å². The highest BCUT2D eigenvalue weighted by molar-refractivity contribution is 7.92. The Kier molecular flexibility index (Phi) is 7.20. The molecule has 2 rings (SSSR count). The van der Waals surface area contributed by atoms with Crippen LogP contribution in [0.3, 0.4) is 0 Å². The molecule has 0 saturated heterocycles. The van der Waals surface area contributed by atoms with Crippen LogP contribution >= 0.6 is 0 Å². The minimum absolute atomic E-state index is 0.307. The van der Waals surface area contributed by atoms with Crippen molar-refractivity contribution in [1.82, 2.24) is 5.32 Å². The van der Waals surface area contributed by atoms with Crippen molar-refractivity contribution >= 4 is 21.6 Å². The van der Waals surface area contributed by atoms with Crippen LogP contribution in [0.15, 0.2) is 54.6 Å². The van der Waals surface area contributed by atoms with E-state index in [-0.39, 0.29) is 0 Å². The number of para-hydroxylation sites is 1. The highest BCUT2D eigenvalue weighted by Gasteiger charge is 2.28. The zero-order valence-corrected chi connectivity index (χ0v) is 16.4. The van der Waals surface area contributed by atoms with Crippen LogP contribution in [0.5, 0.6) is 11.5 Å². The number of hydrogen-bond acceptors (Lipinski definition) is 5. The predicted molar refractivity (Wildman–Crippen MR) is 105 cm³/mol. The molecule has 0 aliphatic heterocycles. The maximum atomic E-state index is 12.3. The van der Waals surface area contributed by atoms with Crippen molar-refractivity contribution < 1.29 is 22.7 Å². The summed E-state index contributed by atoms with van der Waals surface area (Å²) in [7, 11) is -2.14. The van der Waals surface area contributed by atoms with Crippen molar-refractivity contribution in [2.24, 2.45) is 0 Å². The second-order valence-electron chi connectivity index (χ2n) is 5.93. The maximum absolute atomic E-state index is 12.3. The van der Waals surface area contributed by atoms with E-state index < -0.39 is 22.0 Å². The highest BCUT2D eigenvalue weighted by Crippen LogP contribution is 2.26. The van der Waals surface area contributed by atoms with E-state index in [4.69, 9.17) is 9.47 Å². The van der Waals surface area contributed by atoms with Crippen LogP contribution in [0.2, 0.25) is 0 Å². The van der Waals surface area contributed by atoms with Crippen LogP contribution in [0.4, 0.5) is 5.69 Å². The molecule has 0 radical (unpaired) electrons. The lowest BCUT2D eigenvalue weighted by molar-refractivity contribution is -0.122. The van der Waals surface area contributed by atoms with Crippen molar-refractivity contribution in [2.45, 2.75) is 13.0 Å². The number of nitrogens with one attached hydrogen (secondary N) is 1. The first-order chi connectivity index (χ1) is 12.8. The van der Waals surface area contributed by atoms with Gasteiger partial charge in [-0.1, -0.05) is 18.2 Å². The third-order valence-electron chi connectivity index (χ3n) is 3.76. The average Bonchev–Trinajstić information content (AvgIpc) is 2.63. The van der Waals surface area contributed by atoms with Crippen molar-refractivity contribution in [1.29, 1.82) is 0 Å². The summed E-state index contributed by atoms with van der Waals surface area (Å²) < 4.78 is 36.2. The fourth-order valence-corrected chi connectivity index (χ4v) is 3.69. The molecule has 8 heteroatoms. The molecule has 2 aromatic rings. The van der Waals surface area contributed by atoms with E-state index in [2.05, 4.69) is 5.32 Å². The number of rotatable bonds is 9. The molecule has 0 saturated carbocycles. The number of carbonyl (C=O) groups is 1. The quantitative estimate of drug-likeness (QED) is 0.663. The molecule has 7 nitrogen and oxygen atoms in total. The minimum Gasteiger partial charge on any atom is -0.457 e. The minimum atomic E-state index is -3.66. The smallest absolute Gasteiger partial charge is 0.243 e. The second-order valence-corrected chi connectivity index (χ2v) is 7.79. The summed E-state index contributed by atoms with van der Waals surface area (Å²) in [6, 6.07) is 14.9. The number of anilines is 1. The molecule has 0 spiro atoms. The van der Waals surface area contributed by atoms with Gasteiger partial charge in [-0.15, -0.1) is 0 Å². The number of ether oxygens (including phenoxy) is 2. The third kappa shape index (κ3) is 5.97. The van der Waals surface area contributed by atoms with Gasteiger partial charge >= 0.3 is 0 Å². The van der Waals surface area contributed by atoms with Gasteiger partial charge in [-0.2, -0.15) is 0 Å². The fourth-order valence-electron chi connectivity index (χ4n) is 2.52. The summed E-state index contributed by atoms with van der Waals surface area (Å²) in [5.41, 5.74) is 0.382. The van der Waals surface area contributed by atoms with Gasteiger partial charge in [0.15, 0.2) is 0 Å². The Bertz CT molecular complexity index is 838. The number of benzene rings is 2. The van der Waals surface area contributed by atoms with Crippen LogP contribution in [0.25, 0.3) is 0 Å². The van der Waals surface area contributed by atoms with Gasteiger partial charge in [0, 0.05) is 13.7 Å². The lowest BCUT2D eigenvalue weighted by Gasteiger charge is -2.28. The van der Waals surface area contributed by atoms with Gasteiger partial charge in [-0.25, -0.2) is 8.42 Å². The number of sulfonamides is 1. The summed E-state index contributed by atoms with van der Waals surface area (Å²) >= 11 is 0. The molecule has 0 heterocycles. The first kappa shape index (κ1) is 20.7. The molecular formula is C19H24N2O5S. The Labute approximate surface area is 160 Å². The number of methoxy groups -OCH3 is 1. The highest BCUT2D eigenvalue weighted by atomic mass is 32.2. The fraction of sp³-hybridized carbons (Fsp3) is 0.316. The van der Waals surface area contributed by atoms with Gasteiger partial charge in [-0.05, 0) is 43.3 Å². The Balaban J connectivity index is 2.18. The molecule has 0 aliphatic carbocycles. The lowest BCUT2D eigenvalue weighted by atomic mass is 10.2. The Morgan fingerprint density at radius 3 is 2.22 bits per heavy atom. The molecule has 1 N–H and O–H groups in total. The van der Waals surface area contributed by atoms with E-state index in [0.717, 1.165) is 10.6 Å². The molecular weight excluding hydrogens is 368 g/mol. The Morgan fingerprint density at radius 1 is 1.07 bits per heavy atom. The number of nitrogens with zero attached hydrogens (tertiary/aromatic N) is 1. The molecule has 27 heavy (non-hydrogen) atoms. The SMILES string of the molecule is COCCNC(=O)C(C)N(c1ccc(Oc2ccccc2)cc1)S(C)(=O)=O. The maximum Gasteiger partial charge on any atom is 0.243 e. The van der Waals surface area contributed by atoms with Crippen molar-refractivity contribution in [3.63, 3.8) is 0 Å². The van der Waals surface area contributed by atoms with E-state index in [1.165, 1.54) is 14.0 Å². The van der Waals surface area contributed by atoms with E-state index in [1.54, 1.807) is 24.3 Å². The first-order valence-corrected chi connectivity index (χ1v) is 10.3. The third-order valence-corrected chi connectivity index (χ3v) is 5.01. The first-order valence-electron chi connectivity index (χ1n) is 8.42. The van der Waals surface area contributed by atoms with Crippen LogP contribution in [-0.2, 0) is 19.6 Å². The summed E-state index contributed by atoms with van der Waals surface area (Å²) in [6.07, 6.45) is 1.07. The molecule has 0 aliphatic rings. The largest absolute Gasteiger partial charge is 0.457 e. The van der Waals surface area contributed by atoms with Gasteiger partial charge in [0.25, 0.3) is 0 Å². The number of amides is 1. The summed E-state index contributed by atoms with van der Waals surface area (Å²) in [5, 5.41) is 2.65. The lowest BCUT2D eigenvalue weighted by Crippen LogP contribution is -2.48. The van der Waals surface area contributed by atoms with Crippen LogP contribution in [0, 0.1) is 0 Å². The normalized spacial score (nSPS) is 12.3. The molecule has 1 amide bonds. The van der Waals surface area contributed by atoms with E-state index in [9.17, 15) is 13.2 Å². The van der Waals surface area contributed by atoms with Gasteiger partial charge in [0.2, 0.25) is 15.9 Å². The molecule has 2 aromatic carbocycles. The topological polar surface area (TPSA) is 84.9 Å². The number of carbonyl (C=O) groups excluding carboxylic acids is 1. The Hall–Kier alpha value is -2.58. The van der Waals surface area contributed by atoms with Gasteiger partial charge in [0.05, 0.1) is 18.6 Å². The zero-order chi connectivity index (χ0) is 19.9. The predicted octanol–water partition coefficient (Wildman–Crippen LogP) is 2.40. The summed E-state index contributed by atoms with van der Waals surface area (Å²) in [5.74, 6) is 0.841. The average molecular weight is 392 g/mol. The number of hydrogen-bond donors (Lipinski definition) is 1. The van der Waals surface area contributed by atoms with Gasteiger partial charge in [0.1, 0.15) is 17.5 Å². The van der Waals surface area contributed by atoms with Gasteiger partial charge in [-0.3, -0.25) is 9.10 Å². The summed E-state index contributed by atoms with van der Waals surface area (Å²) in [4.78, 5) is 12.3.